The van der Waals surface area contributed by atoms with Crippen LogP contribution < -0.4 is 5.32 Å². The molecule has 1 N–H and O–H groups in total. The van der Waals surface area contributed by atoms with E-state index in [1.54, 1.807) is 0 Å². The molecular weight excluding hydrogens is 229 g/mol. The van der Waals surface area contributed by atoms with Gasteiger partial charge in [-0.05, 0) is 30.5 Å². The molecule has 0 atom stereocenters. The van der Waals surface area contributed by atoms with Crippen molar-refractivity contribution >= 4 is 0 Å². The molecule has 1 fully saturated rings. The van der Waals surface area contributed by atoms with Crippen LogP contribution in [-0.4, -0.2) is 15.6 Å². The van der Waals surface area contributed by atoms with Crippen LogP contribution in [0.25, 0.3) is 0 Å². The molecule has 4 heteroatoms. The van der Waals surface area contributed by atoms with Crippen molar-refractivity contribution in [3.05, 3.63) is 53.9 Å². The van der Waals surface area contributed by atoms with Gasteiger partial charge in [0.25, 0.3) is 0 Å². The molecule has 94 valence electrons. The van der Waals surface area contributed by atoms with Crippen LogP contribution >= 0.6 is 0 Å². The first-order valence-electron chi connectivity index (χ1n) is 6.28. The number of rotatable bonds is 5. The van der Waals surface area contributed by atoms with E-state index in [9.17, 15) is 4.39 Å². The average Bonchev–Trinajstić information content (AvgIpc) is 3.11. The molecule has 3 rings (SSSR count). The van der Waals surface area contributed by atoms with Gasteiger partial charge in [0.1, 0.15) is 5.82 Å². The molecule has 0 bridgehead atoms. The van der Waals surface area contributed by atoms with Gasteiger partial charge >= 0.3 is 0 Å². The van der Waals surface area contributed by atoms with Crippen LogP contribution in [0.5, 0.6) is 0 Å². The Morgan fingerprint density at radius 1 is 1.28 bits per heavy atom. The van der Waals surface area contributed by atoms with Gasteiger partial charge < -0.3 is 9.88 Å². The summed E-state index contributed by atoms with van der Waals surface area (Å²) < 4.78 is 14.9. The van der Waals surface area contributed by atoms with Gasteiger partial charge in [-0.1, -0.05) is 12.1 Å². The quantitative estimate of drug-likeness (QED) is 0.876. The average molecular weight is 245 g/mol. The summed E-state index contributed by atoms with van der Waals surface area (Å²) in [6.07, 6.45) is 6.28. The number of nitrogens with one attached hydrogen (secondary N) is 1. The van der Waals surface area contributed by atoms with E-state index in [4.69, 9.17) is 0 Å². The molecule has 0 spiro atoms. The fourth-order valence-corrected chi connectivity index (χ4v) is 1.96. The first kappa shape index (κ1) is 11.4. The van der Waals surface area contributed by atoms with Crippen molar-refractivity contribution in [1.82, 2.24) is 14.9 Å². The van der Waals surface area contributed by atoms with Crippen molar-refractivity contribution in [2.24, 2.45) is 0 Å². The summed E-state index contributed by atoms with van der Waals surface area (Å²) in [5.74, 6) is -0.194. The molecule has 1 aromatic carbocycles. The van der Waals surface area contributed by atoms with Gasteiger partial charge in [-0.3, -0.25) is 0 Å². The Hall–Kier alpha value is -1.68. The number of aromatic nitrogens is 2. The van der Waals surface area contributed by atoms with Crippen LogP contribution in [0.4, 0.5) is 4.39 Å². The van der Waals surface area contributed by atoms with Crippen LogP contribution in [0.3, 0.4) is 0 Å². The molecule has 1 aliphatic carbocycles. The van der Waals surface area contributed by atoms with E-state index in [-0.39, 0.29) is 5.82 Å². The first-order valence-corrected chi connectivity index (χ1v) is 6.28. The number of halogens is 1. The fraction of sp³-hybridized carbons (Fsp3) is 0.357. The van der Waals surface area contributed by atoms with Gasteiger partial charge in [0.2, 0.25) is 0 Å². The predicted octanol–water partition coefficient (Wildman–Crippen LogP) is 2.32. The molecular formula is C14H16FN3. The minimum Gasteiger partial charge on any atom is -0.329 e. The topological polar surface area (TPSA) is 29.9 Å². The number of benzene rings is 1. The highest BCUT2D eigenvalue weighted by Crippen LogP contribution is 2.19. The third kappa shape index (κ3) is 2.76. The normalized spacial score (nSPS) is 14.9. The summed E-state index contributed by atoms with van der Waals surface area (Å²) in [6.45, 7) is 1.59. The van der Waals surface area contributed by atoms with E-state index in [0.29, 0.717) is 6.04 Å². The molecule has 1 saturated carbocycles. The maximum Gasteiger partial charge on any atom is 0.123 e. The van der Waals surface area contributed by atoms with Crippen LogP contribution in [0.1, 0.15) is 24.1 Å². The van der Waals surface area contributed by atoms with Crippen LogP contribution in [0, 0.1) is 5.82 Å². The van der Waals surface area contributed by atoms with Gasteiger partial charge in [0.05, 0.1) is 12.0 Å². The Kier molecular flexibility index (Phi) is 3.11. The lowest BCUT2D eigenvalue weighted by Crippen LogP contribution is -2.18. The molecule has 0 amide bonds. The van der Waals surface area contributed by atoms with Gasteiger partial charge in [-0.2, -0.15) is 0 Å². The van der Waals surface area contributed by atoms with Crippen molar-refractivity contribution in [2.75, 3.05) is 0 Å². The minimum absolute atomic E-state index is 0.194. The third-order valence-electron chi connectivity index (χ3n) is 3.21. The summed E-state index contributed by atoms with van der Waals surface area (Å²) in [6, 6.07) is 7.31. The molecule has 1 aromatic heterocycles. The largest absolute Gasteiger partial charge is 0.329 e. The molecule has 0 saturated heterocycles. The zero-order valence-electron chi connectivity index (χ0n) is 10.1. The van der Waals surface area contributed by atoms with Crippen molar-refractivity contribution in [3.63, 3.8) is 0 Å². The van der Waals surface area contributed by atoms with E-state index in [1.807, 2.05) is 24.7 Å². The number of hydrogen-bond acceptors (Lipinski definition) is 2. The predicted molar refractivity (Wildman–Crippen MR) is 67.6 cm³/mol. The fourth-order valence-electron chi connectivity index (χ4n) is 1.96. The molecule has 0 unspecified atom stereocenters. The summed E-state index contributed by atoms with van der Waals surface area (Å²) in [4.78, 5) is 4.18. The highest BCUT2D eigenvalue weighted by atomic mass is 19.1. The Morgan fingerprint density at radius 3 is 2.78 bits per heavy atom. The molecule has 18 heavy (non-hydrogen) atoms. The summed E-state index contributed by atoms with van der Waals surface area (Å²) in [5, 5.41) is 3.47. The number of imidazole rings is 1. The third-order valence-corrected chi connectivity index (χ3v) is 3.21. The molecule has 0 radical (unpaired) electrons. The first-order chi connectivity index (χ1) is 8.81. The lowest BCUT2D eigenvalue weighted by atomic mass is 10.2. The van der Waals surface area contributed by atoms with E-state index < -0.39 is 0 Å². The summed E-state index contributed by atoms with van der Waals surface area (Å²) in [5.41, 5.74) is 2.26. The maximum absolute atomic E-state index is 12.8. The van der Waals surface area contributed by atoms with Crippen LogP contribution in [0.15, 0.2) is 36.8 Å². The van der Waals surface area contributed by atoms with Crippen LogP contribution in [0.2, 0.25) is 0 Å². The SMILES string of the molecule is Fc1ccc(Cn2cncc2CNC2CC2)cc1. The Balaban J connectivity index is 1.67. The molecule has 1 heterocycles. The Labute approximate surface area is 106 Å². The Bertz CT molecular complexity index is 514. The maximum atomic E-state index is 12.8. The Morgan fingerprint density at radius 2 is 2.06 bits per heavy atom. The smallest absolute Gasteiger partial charge is 0.123 e. The molecule has 0 aliphatic heterocycles. The van der Waals surface area contributed by atoms with Gasteiger partial charge in [0, 0.05) is 25.3 Å². The molecule has 3 nitrogen and oxygen atoms in total. The van der Waals surface area contributed by atoms with E-state index >= 15 is 0 Å². The molecule has 2 aromatic rings. The molecule has 1 aliphatic rings. The van der Waals surface area contributed by atoms with Crippen molar-refractivity contribution in [2.45, 2.75) is 32.0 Å². The minimum atomic E-state index is -0.194. The lowest BCUT2D eigenvalue weighted by molar-refractivity contribution is 0.622. The second kappa shape index (κ2) is 4.90. The highest BCUT2D eigenvalue weighted by molar-refractivity contribution is 5.17. The standard InChI is InChI=1S/C14H16FN3/c15-12-3-1-11(2-4-12)9-18-10-16-7-14(18)8-17-13-5-6-13/h1-4,7,10,13,17H,5-6,8-9H2. The number of hydrogen-bond donors (Lipinski definition) is 1. The van der Waals surface area contributed by atoms with Crippen molar-refractivity contribution < 1.29 is 4.39 Å². The summed E-state index contributed by atoms with van der Waals surface area (Å²) in [7, 11) is 0. The van der Waals surface area contributed by atoms with E-state index in [1.165, 1.54) is 30.7 Å². The van der Waals surface area contributed by atoms with E-state index in [0.717, 1.165) is 18.7 Å². The van der Waals surface area contributed by atoms with Gasteiger partial charge in [0.15, 0.2) is 0 Å². The summed E-state index contributed by atoms with van der Waals surface area (Å²) >= 11 is 0. The van der Waals surface area contributed by atoms with Gasteiger partial charge in [-0.15, -0.1) is 0 Å². The van der Waals surface area contributed by atoms with Crippen LogP contribution in [-0.2, 0) is 13.1 Å². The zero-order chi connectivity index (χ0) is 12.4. The second-order valence-electron chi connectivity index (χ2n) is 4.79. The second-order valence-corrected chi connectivity index (χ2v) is 4.79. The van der Waals surface area contributed by atoms with Gasteiger partial charge in [-0.25, -0.2) is 9.37 Å². The van der Waals surface area contributed by atoms with E-state index in [2.05, 4.69) is 14.9 Å². The lowest BCUT2D eigenvalue weighted by Gasteiger charge is -2.09. The monoisotopic (exact) mass is 245 g/mol. The van der Waals surface area contributed by atoms with Crippen molar-refractivity contribution in [1.29, 1.82) is 0 Å². The van der Waals surface area contributed by atoms with Crippen molar-refractivity contribution in [3.8, 4) is 0 Å². The zero-order valence-corrected chi connectivity index (χ0v) is 10.1. The number of nitrogens with zero attached hydrogens (tertiary/aromatic N) is 2. The highest BCUT2D eigenvalue weighted by Gasteiger charge is 2.20.